The summed E-state index contributed by atoms with van der Waals surface area (Å²) in [5.41, 5.74) is 0.763. The van der Waals surface area contributed by atoms with Crippen LogP contribution in [0.25, 0.3) is 10.4 Å². The second kappa shape index (κ2) is 9.23. The number of β-lactam (4-membered cyclic amide) rings is 1. The van der Waals surface area contributed by atoms with E-state index in [1.807, 2.05) is 23.8 Å². The summed E-state index contributed by atoms with van der Waals surface area (Å²) in [5.74, 6) is -1.96. The van der Waals surface area contributed by atoms with E-state index in [-0.39, 0.29) is 29.7 Å². The summed E-state index contributed by atoms with van der Waals surface area (Å²) in [6.45, 7) is 8.24. The van der Waals surface area contributed by atoms with E-state index in [9.17, 15) is 19.5 Å². The van der Waals surface area contributed by atoms with Crippen LogP contribution >= 0.6 is 23.1 Å². The van der Waals surface area contributed by atoms with E-state index in [1.54, 1.807) is 27.1 Å². The van der Waals surface area contributed by atoms with Crippen LogP contribution in [0, 0.1) is 11.8 Å². The van der Waals surface area contributed by atoms with Crippen LogP contribution in [0.2, 0.25) is 0 Å². The van der Waals surface area contributed by atoms with Crippen molar-refractivity contribution in [3.05, 3.63) is 23.1 Å². The van der Waals surface area contributed by atoms with Crippen molar-refractivity contribution in [1.82, 2.24) is 14.3 Å². The molecule has 0 bridgehead atoms. The number of carbonyl (C=O) groups excluding carboxylic acids is 3. The Kier molecular flexibility index (Phi) is 6.67. The number of esters is 1. The van der Waals surface area contributed by atoms with Gasteiger partial charge < -0.3 is 24.2 Å². The third kappa shape index (κ3) is 4.07. The van der Waals surface area contributed by atoms with Crippen LogP contribution in [0.4, 0.5) is 4.79 Å². The Labute approximate surface area is 204 Å². The Bertz CT molecular complexity index is 1170. The standard InChI is InChI=1S/C22H27N3O7S2/c1-9(2)30-22(29)32-12(5)31-21(28)17-14(10(3)16-15(11(4)26)19(27)25(16)17)13-7-24-8-23-18(33-6)20(24)34-13/h7-12,15-16,26H,1-6H3/t10-,11+,12?,15+,16+/m0/s1. The Morgan fingerprint density at radius 2 is 1.91 bits per heavy atom. The molecule has 2 aliphatic heterocycles. The number of amides is 1. The lowest BCUT2D eigenvalue weighted by atomic mass is 9.77. The number of ether oxygens (including phenoxy) is 3. The van der Waals surface area contributed by atoms with Crippen molar-refractivity contribution in [2.45, 2.75) is 64.2 Å². The molecular formula is C22H27N3O7S2. The van der Waals surface area contributed by atoms with E-state index in [2.05, 4.69) is 4.98 Å². The maximum Gasteiger partial charge on any atom is 0.511 e. The first kappa shape index (κ1) is 24.6. The maximum absolute atomic E-state index is 13.3. The van der Waals surface area contributed by atoms with E-state index in [0.717, 1.165) is 14.7 Å². The van der Waals surface area contributed by atoms with Gasteiger partial charge in [0.1, 0.15) is 21.9 Å². The van der Waals surface area contributed by atoms with Gasteiger partial charge in [-0.15, -0.1) is 23.1 Å². The first-order valence-electron chi connectivity index (χ1n) is 10.9. The molecule has 1 amide bonds. The molecule has 4 rings (SSSR count). The molecule has 2 aromatic heterocycles. The second-order valence-corrected chi connectivity index (χ2v) is 10.4. The van der Waals surface area contributed by atoms with Gasteiger partial charge in [0.2, 0.25) is 12.2 Å². The summed E-state index contributed by atoms with van der Waals surface area (Å²) in [5, 5.41) is 11.0. The number of aliphatic hydroxyl groups excluding tert-OH is 1. The maximum atomic E-state index is 13.3. The lowest BCUT2D eigenvalue weighted by Gasteiger charge is -2.46. The third-order valence-corrected chi connectivity index (χ3v) is 7.83. The van der Waals surface area contributed by atoms with E-state index in [4.69, 9.17) is 14.2 Å². The number of aliphatic hydroxyl groups is 1. The van der Waals surface area contributed by atoms with Gasteiger partial charge in [0.05, 0.1) is 29.0 Å². The molecule has 0 saturated carbocycles. The van der Waals surface area contributed by atoms with Gasteiger partial charge in [-0.1, -0.05) is 6.92 Å². The molecule has 0 aromatic carbocycles. The molecule has 0 radical (unpaired) electrons. The highest BCUT2D eigenvalue weighted by Crippen LogP contribution is 2.52. The van der Waals surface area contributed by atoms with Crippen molar-refractivity contribution in [3.63, 3.8) is 0 Å². The molecule has 12 heteroatoms. The van der Waals surface area contributed by atoms with Crippen LogP contribution in [0.1, 0.15) is 39.5 Å². The number of thiazole rings is 1. The minimum absolute atomic E-state index is 0.107. The van der Waals surface area contributed by atoms with Crippen molar-refractivity contribution in [2.24, 2.45) is 11.8 Å². The van der Waals surface area contributed by atoms with Gasteiger partial charge in [-0.05, 0) is 27.0 Å². The van der Waals surface area contributed by atoms with Crippen molar-refractivity contribution < 1.29 is 33.7 Å². The Balaban J connectivity index is 1.69. The van der Waals surface area contributed by atoms with Crippen LogP contribution in [0.5, 0.6) is 0 Å². The molecule has 1 N–H and O–H groups in total. The van der Waals surface area contributed by atoms with Crippen molar-refractivity contribution in [1.29, 1.82) is 0 Å². The molecule has 0 spiro atoms. The number of carbonyl (C=O) groups is 3. The molecule has 1 fully saturated rings. The van der Waals surface area contributed by atoms with Crippen molar-refractivity contribution >= 4 is 51.5 Å². The predicted molar refractivity (Wildman–Crippen MR) is 125 cm³/mol. The summed E-state index contributed by atoms with van der Waals surface area (Å²) in [6.07, 6.45) is 2.09. The fraction of sp³-hybridized carbons (Fsp3) is 0.545. The zero-order valence-electron chi connectivity index (χ0n) is 19.7. The highest BCUT2D eigenvalue weighted by atomic mass is 32.2. The largest absolute Gasteiger partial charge is 0.511 e. The molecule has 184 valence electrons. The first-order valence-corrected chi connectivity index (χ1v) is 12.9. The smallest absolute Gasteiger partial charge is 0.431 e. The summed E-state index contributed by atoms with van der Waals surface area (Å²) >= 11 is 2.98. The molecule has 0 aliphatic carbocycles. The Morgan fingerprint density at radius 1 is 1.21 bits per heavy atom. The predicted octanol–water partition coefficient (Wildman–Crippen LogP) is 3.14. The SMILES string of the molecule is CSc1ncn2cc(C3=C(C(=O)OC(C)OC(=O)OC(C)C)N4C(=O)[C@H]([C@@H](C)O)[C@H]4[C@H]3C)sc12. The summed E-state index contributed by atoms with van der Waals surface area (Å²) in [4.78, 5) is 45.5. The fourth-order valence-electron chi connectivity index (χ4n) is 4.51. The van der Waals surface area contributed by atoms with Gasteiger partial charge in [0, 0.05) is 24.6 Å². The molecule has 1 unspecified atom stereocenters. The molecule has 10 nitrogen and oxygen atoms in total. The van der Waals surface area contributed by atoms with Gasteiger partial charge >= 0.3 is 12.1 Å². The first-order chi connectivity index (χ1) is 16.0. The van der Waals surface area contributed by atoms with Crippen LogP contribution < -0.4 is 0 Å². The van der Waals surface area contributed by atoms with Gasteiger partial charge in [-0.2, -0.15) is 0 Å². The molecular weight excluding hydrogens is 482 g/mol. The van der Waals surface area contributed by atoms with E-state index in [0.29, 0.717) is 5.57 Å². The van der Waals surface area contributed by atoms with Crippen molar-refractivity contribution in [3.8, 4) is 0 Å². The second-order valence-electron chi connectivity index (χ2n) is 8.59. The third-order valence-electron chi connectivity index (χ3n) is 5.87. The molecule has 34 heavy (non-hydrogen) atoms. The Morgan fingerprint density at radius 3 is 2.53 bits per heavy atom. The number of hydrogen-bond donors (Lipinski definition) is 1. The molecule has 2 aromatic rings. The number of nitrogens with zero attached hydrogens (tertiary/aromatic N) is 3. The summed E-state index contributed by atoms with van der Waals surface area (Å²) in [7, 11) is 0. The average Bonchev–Trinajstić information content (AvgIpc) is 3.36. The van der Waals surface area contributed by atoms with Gasteiger partial charge in [0.25, 0.3) is 0 Å². The molecule has 1 saturated heterocycles. The average molecular weight is 510 g/mol. The molecule has 5 atom stereocenters. The van der Waals surface area contributed by atoms with Crippen LogP contribution in [-0.2, 0) is 23.8 Å². The Hall–Kier alpha value is -2.57. The van der Waals surface area contributed by atoms with Gasteiger partial charge in [-0.25, -0.2) is 14.6 Å². The number of thioether (sulfide) groups is 1. The summed E-state index contributed by atoms with van der Waals surface area (Å²) in [6, 6.07) is -0.369. The minimum atomic E-state index is -1.22. The quantitative estimate of drug-likeness (QED) is 0.260. The van der Waals surface area contributed by atoms with Crippen LogP contribution in [0.3, 0.4) is 0 Å². The number of imidazole rings is 1. The van der Waals surface area contributed by atoms with Crippen molar-refractivity contribution in [2.75, 3.05) is 6.26 Å². The zero-order chi connectivity index (χ0) is 24.9. The van der Waals surface area contributed by atoms with Gasteiger partial charge in [0.15, 0.2) is 0 Å². The van der Waals surface area contributed by atoms with E-state index in [1.165, 1.54) is 34.9 Å². The molecule has 4 heterocycles. The topological polar surface area (TPSA) is 120 Å². The number of fused-ring (bicyclic) bond motifs is 2. The lowest BCUT2D eigenvalue weighted by molar-refractivity contribution is -0.174. The minimum Gasteiger partial charge on any atom is -0.431 e. The fourth-order valence-corrected chi connectivity index (χ4v) is 6.43. The lowest BCUT2D eigenvalue weighted by Crippen LogP contribution is -2.63. The van der Waals surface area contributed by atoms with Gasteiger partial charge in [-0.3, -0.25) is 9.20 Å². The van der Waals surface area contributed by atoms with E-state index < -0.39 is 30.4 Å². The normalized spacial score (nSPS) is 23.7. The number of rotatable bonds is 7. The number of hydrogen-bond acceptors (Lipinski definition) is 10. The highest BCUT2D eigenvalue weighted by molar-refractivity contribution is 7.98. The highest BCUT2D eigenvalue weighted by Gasteiger charge is 2.60. The van der Waals surface area contributed by atoms with E-state index >= 15 is 0 Å². The molecule has 2 aliphatic rings. The van der Waals surface area contributed by atoms with Crippen LogP contribution in [-0.4, -0.2) is 68.2 Å². The zero-order valence-corrected chi connectivity index (χ0v) is 21.3. The summed E-state index contributed by atoms with van der Waals surface area (Å²) < 4.78 is 17.2. The number of aromatic nitrogens is 2. The monoisotopic (exact) mass is 509 g/mol. The van der Waals surface area contributed by atoms with Crippen LogP contribution in [0.15, 0.2) is 23.2 Å².